The molecule has 0 aromatic heterocycles. The minimum atomic E-state index is -2.67. The Labute approximate surface area is 103 Å². The van der Waals surface area contributed by atoms with E-state index in [1.165, 1.54) is 27.6 Å². The topological polar surface area (TPSA) is 63.2 Å². The molecule has 0 amide bonds. The third-order valence-electron chi connectivity index (χ3n) is 2.00. The molecule has 100 valence electrons. The van der Waals surface area contributed by atoms with Gasteiger partial charge in [-0.15, -0.1) is 0 Å². The van der Waals surface area contributed by atoms with E-state index >= 15 is 0 Å². The number of carbonyl (C=O) groups excluding carboxylic acids is 1. The number of hydrogen-bond donors (Lipinski definition) is 0. The second kappa shape index (κ2) is 9.17. The molecule has 0 saturated carbocycles. The van der Waals surface area contributed by atoms with Gasteiger partial charge in [-0.2, -0.15) is 0 Å². The van der Waals surface area contributed by atoms with E-state index in [2.05, 4.69) is 4.74 Å². The average molecular weight is 264 g/mol. The predicted molar refractivity (Wildman–Crippen MR) is 63.1 cm³/mol. The molecule has 0 aliphatic carbocycles. The van der Waals surface area contributed by atoms with Crippen molar-refractivity contribution >= 4 is 14.8 Å². The Kier molecular flexibility index (Phi) is 8.69. The van der Waals surface area contributed by atoms with Gasteiger partial charge in [0, 0.05) is 20.3 Å². The summed E-state index contributed by atoms with van der Waals surface area (Å²) in [6.07, 6.45) is 3.25. The van der Waals surface area contributed by atoms with Gasteiger partial charge >= 0.3 is 14.8 Å². The summed E-state index contributed by atoms with van der Waals surface area (Å²) in [5.41, 5.74) is 0. The molecule has 0 aliphatic heterocycles. The van der Waals surface area contributed by atoms with Gasteiger partial charge < -0.3 is 22.8 Å². The first-order valence-electron chi connectivity index (χ1n) is 5.24. The maximum absolute atomic E-state index is 11.1. The lowest BCUT2D eigenvalue weighted by Gasteiger charge is -2.25. The maximum atomic E-state index is 11.1. The Morgan fingerprint density at radius 1 is 1.24 bits per heavy atom. The maximum Gasteiger partial charge on any atom is 0.502 e. The summed E-state index contributed by atoms with van der Waals surface area (Å²) < 4.78 is 25.3. The standard InChI is InChI=1S/C10H20O6Si/c1-5-8-17(13-3,14-4)16-9-15-10(11)6-7-12-2/h6-7H,5,8-9H2,1-4H3. The predicted octanol–water partition coefficient (Wildman–Crippen LogP) is 1.31. The third kappa shape index (κ3) is 6.42. The molecule has 0 N–H and O–H groups in total. The van der Waals surface area contributed by atoms with Gasteiger partial charge in [0.15, 0.2) is 6.79 Å². The molecule has 0 rings (SSSR count). The van der Waals surface area contributed by atoms with Crippen molar-refractivity contribution < 1.29 is 27.5 Å². The SMILES string of the molecule is CCC[Si](OC)(OC)OCOC(=O)C=COC. The highest BCUT2D eigenvalue weighted by molar-refractivity contribution is 6.60. The quantitative estimate of drug-likeness (QED) is 0.206. The number of hydrogen-bond acceptors (Lipinski definition) is 6. The lowest BCUT2D eigenvalue weighted by atomic mass is 10.6. The monoisotopic (exact) mass is 264 g/mol. The molecular weight excluding hydrogens is 244 g/mol. The van der Waals surface area contributed by atoms with Crippen molar-refractivity contribution in [3.8, 4) is 0 Å². The fourth-order valence-electron chi connectivity index (χ4n) is 1.13. The minimum absolute atomic E-state index is 0.194. The summed E-state index contributed by atoms with van der Waals surface area (Å²) in [6.45, 7) is 1.80. The zero-order chi connectivity index (χ0) is 13.1. The molecule has 0 unspecified atom stereocenters. The number of ether oxygens (including phenoxy) is 2. The smallest absolute Gasteiger partial charge is 0.502 e. The Balaban J connectivity index is 4.05. The van der Waals surface area contributed by atoms with Crippen LogP contribution in [0.5, 0.6) is 0 Å². The fourth-order valence-corrected chi connectivity index (χ4v) is 2.94. The Hall–Kier alpha value is -0.893. The van der Waals surface area contributed by atoms with Gasteiger partial charge in [0.25, 0.3) is 0 Å². The molecule has 0 aliphatic rings. The van der Waals surface area contributed by atoms with Crippen molar-refractivity contribution in [2.75, 3.05) is 28.1 Å². The lowest BCUT2D eigenvalue weighted by Crippen LogP contribution is -2.44. The van der Waals surface area contributed by atoms with Crippen molar-refractivity contribution in [3.05, 3.63) is 12.3 Å². The first-order valence-corrected chi connectivity index (χ1v) is 7.17. The molecule has 0 atom stereocenters. The summed E-state index contributed by atoms with van der Waals surface area (Å²) >= 11 is 0. The third-order valence-corrected chi connectivity index (χ3v) is 4.91. The molecule has 17 heavy (non-hydrogen) atoms. The zero-order valence-electron chi connectivity index (χ0n) is 10.7. The van der Waals surface area contributed by atoms with Crippen LogP contribution in [0.3, 0.4) is 0 Å². The average Bonchev–Trinajstić information content (AvgIpc) is 2.35. The second-order valence-corrected chi connectivity index (χ2v) is 6.08. The van der Waals surface area contributed by atoms with Crippen LogP contribution in [0.15, 0.2) is 12.3 Å². The first kappa shape index (κ1) is 16.1. The second-order valence-electron chi connectivity index (χ2n) is 3.11. The molecule has 0 heterocycles. The number of rotatable bonds is 9. The zero-order valence-corrected chi connectivity index (χ0v) is 11.7. The highest BCUT2D eigenvalue weighted by Gasteiger charge is 2.38. The summed E-state index contributed by atoms with van der Waals surface area (Å²) in [6, 6.07) is 0.672. The van der Waals surface area contributed by atoms with Crippen LogP contribution in [-0.4, -0.2) is 42.9 Å². The lowest BCUT2D eigenvalue weighted by molar-refractivity contribution is -0.146. The summed E-state index contributed by atoms with van der Waals surface area (Å²) in [5, 5.41) is 0. The molecular formula is C10H20O6Si. The van der Waals surface area contributed by atoms with E-state index in [9.17, 15) is 4.79 Å². The number of esters is 1. The van der Waals surface area contributed by atoms with Crippen molar-refractivity contribution in [1.29, 1.82) is 0 Å². The fraction of sp³-hybridized carbons (Fsp3) is 0.700. The van der Waals surface area contributed by atoms with Gasteiger partial charge in [0.1, 0.15) is 0 Å². The Morgan fingerprint density at radius 2 is 1.88 bits per heavy atom. The Bertz CT molecular complexity index is 239. The highest BCUT2D eigenvalue weighted by Crippen LogP contribution is 2.15. The molecule has 6 nitrogen and oxygen atoms in total. The molecule has 0 radical (unpaired) electrons. The molecule has 0 aromatic carbocycles. The van der Waals surface area contributed by atoms with Crippen LogP contribution in [0, 0.1) is 0 Å². The van der Waals surface area contributed by atoms with Crippen LogP contribution in [0.2, 0.25) is 6.04 Å². The molecule has 0 spiro atoms. The van der Waals surface area contributed by atoms with Crippen LogP contribution in [-0.2, 0) is 27.5 Å². The molecule has 0 fully saturated rings. The summed E-state index contributed by atoms with van der Waals surface area (Å²) in [5.74, 6) is -0.543. The number of methoxy groups -OCH3 is 1. The van der Waals surface area contributed by atoms with E-state index in [4.69, 9.17) is 18.0 Å². The van der Waals surface area contributed by atoms with Crippen LogP contribution >= 0.6 is 0 Å². The van der Waals surface area contributed by atoms with Gasteiger partial charge in [0.05, 0.1) is 19.4 Å². The van der Waals surface area contributed by atoms with E-state index in [1.807, 2.05) is 6.92 Å². The number of carbonyl (C=O) groups is 1. The van der Waals surface area contributed by atoms with Gasteiger partial charge in [-0.25, -0.2) is 4.79 Å². The van der Waals surface area contributed by atoms with Crippen molar-refractivity contribution in [3.63, 3.8) is 0 Å². The summed E-state index contributed by atoms with van der Waals surface area (Å²) in [7, 11) is 1.82. The van der Waals surface area contributed by atoms with Crippen LogP contribution in [0.1, 0.15) is 13.3 Å². The van der Waals surface area contributed by atoms with Crippen LogP contribution in [0.25, 0.3) is 0 Å². The van der Waals surface area contributed by atoms with E-state index < -0.39 is 14.8 Å². The van der Waals surface area contributed by atoms with Gasteiger partial charge in [-0.3, -0.25) is 0 Å². The van der Waals surface area contributed by atoms with Crippen molar-refractivity contribution in [2.24, 2.45) is 0 Å². The molecule has 0 aromatic rings. The molecule has 7 heteroatoms. The van der Waals surface area contributed by atoms with Gasteiger partial charge in [0.2, 0.25) is 0 Å². The van der Waals surface area contributed by atoms with Crippen LogP contribution in [0.4, 0.5) is 0 Å². The van der Waals surface area contributed by atoms with E-state index in [0.29, 0.717) is 6.04 Å². The van der Waals surface area contributed by atoms with E-state index in [1.54, 1.807) is 0 Å². The molecule has 0 saturated heterocycles. The molecule has 0 bridgehead atoms. The van der Waals surface area contributed by atoms with E-state index in [0.717, 1.165) is 12.5 Å². The van der Waals surface area contributed by atoms with E-state index in [-0.39, 0.29) is 6.79 Å². The first-order chi connectivity index (χ1) is 8.14. The van der Waals surface area contributed by atoms with Crippen LogP contribution < -0.4 is 0 Å². The van der Waals surface area contributed by atoms with Crippen molar-refractivity contribution in [1.82, 2.24) is 0 Å². The summed E-state index contributed by atoms with van der Waals surface area (Å²) in [4.78, 5) is 11.1. The largest absolute Gasteiger partial charge is 0.504 e. The Morgan fingerprint density at radius 3 is 2.35 bits per heavy atom. The van der Waals surface area contributed by atoms with Gasteiger partial charge in [-0.05, 0) is 0 Å². The van der Waals surface area contributed by atoms with Gasteiger partial charge in [-0.1, -0.05) is 13.3 Å². The highest BCUT2D eigenvalue weighted by atomic mass is 28.4. The minimum Gasteiger partial charge on any atom is -0.504 e. The van der Waals surface area contributed by atoms with Crippen molar-refractivity contribution in [2.45, 2.75) is 19.4 Å². The normalized spacial score (nSPS) is 11.8.